The highest BCUT2D eigenvalue weighted by atomic mass is 19.1. The van der Waals surface area contributed by atoms with Gasteiger partial charge >= 0.3 is 0 Å². The second kappa shape index (κ2) is 8.51. The summed E-state index contributed by atoms with van der Waals surface area (Å²) in [5.74, 6) is 0.272. The number of unbranched alkanes of at least 4 members (excludes halogenated alkanes) is 1. The Balaban J connectivity index is 1.76. The molecule has 27 heavy (non-hydrogen) atoms. The fraction of sp³-hybridized carbons (Fsp3) is 0.455. The molecule has 1 saturated carbocycles. The van der Waals surface area contributed by atoms with Crippen molar-refractivity contribution in [2.75, 3.05) is 11.9 Å². The van der Waals surface area contributed by atoms with E-state index in [9.17, 15) is 9.18 Å². The summed E-state index contributed by atoms with van der Waals surface area (Å²) in [6.45, 7) is 4.68. The summed E-state index contributed by atoms with van der Waals surface area (Å²) in [6, 6.07) is 8.20. The van der Waals surface area contributed by atoms with Crippen LogP contribution in [0.5, 0.6) is 5.88 Å². The highest BCUT2D eigenvalue weighted by Gasteiger charge is 2.42. The van der Waals surface area contributed by atoms with Gasteiger partial charge in [0.2, 0.25) is 11.8 Å². The zero-order valence-electron chi connectivity index (χ0n) is 16.1. The number of benzene rings is 1. The predicted octanol–water partition coefficient (Wildman–Crippen LogP) is 5.16. The molecule has 0 unspecified atom stereocenters. The molecule has 3 rings (SSSR count). The molecule has 1 aliphatic carbocycles. The lowest BCUT2D eigenvalue weighted by atomic mass is 9.78. The number of nitrogens with one attached hydrogen (secondary N) is 1. The van der Waals surface area contributed by atoms with Gasteiger partial charge in [0.1, 0.15) is 5.82 Å². The van der Waals surface area contributed by atoms with E-state index in [1.807, 2.05) is 13.0 Å². The highest BCUT2D eigenvalue weighted by molar-refractivity contribution is 5.99. The molecular formula is C22H27FN2O2. The van der Waals surface area contributed by atoms with Crippen LogP contribution in [0.25, 0.3) is 0 Å². The number of ether oxygens (including phenoxy) is 1. The normalized spacial score (nSPS) is 15.5. The van der Waals surface area contributed by atoms with Gasteiger partial charge in [0.25, 0.3) is 0 Å². The molecule has 0 aliphatic heterocycles. The number of nitrogens with zero attached hydrogens (tertiary/aromatic N) is 1. The van der Waals surface area contributed by atoms with Gasteiger partial charge in [-0.2, -0.15) is 0 Å². The minimum Gasteiger partial charge on any atom is -0.477 e. The minimum atomic E-state index is -0.599. The maximum Gasteiger partial charge on any atom is 0.235 e. The van der Waals surface area contributed by atoms with Crippen molar-refractivity contribution in [3.05, 3.63) is 53.5 Å². The molecule has 0 atom stereocenters. The quantitative estimate of drug-likeness (QED) is 0.685. The molecule has 2 aromatic rings. The molecule has 1 heterocycles. The first kappa shape index (κ1) is 19.3. The molecule has 0 bridgehead atoms. The van der Waals surface area contributed by atoms with Crippen molar-refractivity contribution in [3.8, 4) is 5.88 Å². The zero-order valence-corrected chi connectivity index (χ0v) is 16.1. The van der Waals surface area contributed by atoms with E-state index in [4.69, 9.17) is 4.74 Å². The van der Waals surface area contributed by atoms with Gasteiger partial charge in [-0.05, 0) is 49.9 Å². The summed E-state index contributed by atoms with van der Waals surface area (Å²) >= 11 is 0. The van der Waals surface area contributed by atoms with Crippen LogP contribution in [0.4, 0.5) is 10.1 Å². The number of halogens is 1. The number of hydrogen-bond acceptors (Lipinski definition) is 3. The molecule has 144 valence electrons. The van der Waals surface area contributed by atoms with Crippen LogP contribution >= 0.6 is 0 Å². The first-order valence-electron chi connectivity index (χ1n) is 9.72. The lowest BCUT2D eigenvalue weighted by Crippen LogP contribution is -2.38. The number of pyridine rings is 1. The van der Waals surface area contributed by atoms with E-state index in [0.717, 1.165) is 49.7 Å². The minimum absolute atomic E-state index is 0.0486. The smallest absolute Gasteiger partial charge is 0.235 e. The summed E-state index contributed by atoms with van der Waals surface area (Å²) in [7, 11) is 0. The van der Waals surface area contributed by atoms with Crippen LogP contribution in [0.15, 0.2) is 36.5 Å². The SMILES string of the molecule is CCCCOc1ncc(NC(=O)C2(c3ccc(F)cc3)CCCC2)cc1C. The molecule has 0 radical (unpaired) electrons. The number of hydrogen-bond donors (Lipinski definition) is 1. The Kier molecular flexibility index (Phi) is 6.09. The summed E-state index contributed by atoms with van der Waals surface area (Å²) in [6.07, 6.45) is 7.22. The molecule has 1 aliphatic rings. The average molecular weight is 370 g/mol. The van der Waals surface area contributed by atoms with E-state index < -0.39 is 5.41 Å². The van der Waals surface area contributed by atoms with Gasteiger partial charge < -0.3 is 10.1 Å². The molecule has 0 saturated heterocycles. The molecule has 4 nitrogen and oxygen atoms in total. The number of aryl methyl sites for hydroxylation is 1. The third-order valence-corrected chi connectivity index (χ3v) is 5.31. The van der Waals surface area contributed by atoms with Crippen molar-refractivity contribution in [1.82, 2.24) is 4.98 Å². The van der Waals surface area contributed by atoms with Crippen LogP contribution in [0.2, 0.25) is 0 Å². The fourth-order valence-corrected chi connectivity index (χ4v) is 3.74. The molecular weight excluding hydrogens is 343 g/mol. The highest BCUT2D eigenvalue weighted by Crippen LogP contribution is 2.42. The van der Waals surface area contributed by atoms with Crippen molar-refractivity contribution in [3.63, 3.8) is 0 Å². The second-order valence-electron chi connectivity index (χ2n) is 7.30. The van der Waals surface area contributed by atoms with Crippen molar-refractivity contribution < 1.29 is 13.9 Å². The Morgan fingerprint density at radius 3 is 2.59 bits per heavy atom. The lowest BCUT2D eigenvalue weighted by molar-refractivity contribution is -0.121. The number of rotatable bonds is 7. The second-order valence-corrected chi connectivity index (χ2v) is 7.30. The molecule has 1 N–H and O–H groups in total. The van der Waals surface area contributed by atoms with Crippen LogP contribution in [-0.2, 0) is 10.2 Å². The Bertz CT molecular complexity index is 783. The average Bonchev–Trinajstić information content (AvgIpc) is 3.15. The molecule has 1 aromatic carbocycles. The number of amides is 1. The number of carbonyl (C=O) groups is 1. The lowest BCUT2D eigenvalue weighted by Gasteiger charge is -2.28. The van der Waals surface area contributed by atoms with E-state index in [0.29, 0.717) is 18.2 Å². The zero-order chi connectivity index (χ0) is 19.3. The Morgan fingerprint density at radius 2 is 1.96 bits per heavy atom. The van der Waals surface area contributed by atoms with Crippen LogP contribution < -0.4 is 10.1 Å². The van der Waals surface area contributed by atoms with Gasteiger partial charge in [-0.15, -0.1) is 0 Å². The van der Waals surface area contributed by atoms with Gasteiger partial charge in [-0.25, -0.2) is 9.37 Å². The largest absolute Gasteiger partial charge is 0.477 e. The number of anilines is 1. The van der Waals surface area contributed by atoms with E-state index in [1.54, 1.807) is 18.3 Å². The summed E-state index contributed by atoms with van der Waals surface area (Å²) < 4.78 is 19.0. The van der Waals surface area contributed by atoms with Crippen molar-refractivity contribution >= 4 is 11.6 Å². The van der Waals surface area contributed by atoms with Gasteiger partial charge in [-0.3, -0.25) is 4.79 Å². The van der Waals surface area contributed by atoms with Gasteiger partial charge in [-0.1, -0.05) is 38.3 Å². The summed E-state index contributed by atoms with van der Waals surface area (Å²) in [4.78, 5) is 17.5. The summed E-state index contributed by atoms with van der Waals surface area (Å²) in [5, 5.41) is 3.02. The maximum absolute atomic E-state index is 13.3. The Labute approximate surface area is 160 Å². The van der Waals surface area contributed by atoms with Gasteiger partial charge in [0.15, 0.2) is 0 Å². The van der Waals surface area contributed by atoms with Gasteiger partial charge in [0, 0.05) is 5.56 Å². The van der Waals surface area contributed by atoms with Gasteiger partial charge in [0.05, 0.1) is 23.9 Å². The standard InChI is InChI=1S/C22H27FN2O2/c1-3-4-13-27-20-16(2)14-19(15-24-20)25-21(26)22(11-5-6-12-22)17-7-9-18(23)10-8-17/h7-10,14-15H,3-6,11-13H2,1-2H3,(H,25,26). The molecule has 1 fully saturated rings. The fourth-order valence-electron chi connectivity index (χ4n) is 3.74. The first-order chi connectivity index (χ1) is 13.0. The topological polar surface area (TPSA) is 51.2 Å². The molecule has 1 aromatic heterocycles. The Hall–Kier alpha value is -2.43. The summed E-state index contributed by atoms with van der Waals surface area (Å²) in [5.41, 5.74) is 1.83. The maximum atomic E-state index is 13.3. The van der Waals surface area contributed by atoms with E-state index in [-0.39, 0.29) is 11.7 Å². The Morgan fingerprint density at radius 1 is 1.26 bits per heavy atom. The molecule has 0 spiro atoms. The van der Waals surface area contributed by atoms with Crippen LogP contribution in [-0.4, -0.2) is 17.5 Å². The van der Waals surface area contributed by atoms with Crippen molar-refractivity contribution in [2.24, 2.45) is 0 Å². The van der Waals surface area contributed by atoms with Crippen LogP contribution in [0.3, 0.4) is 0 Å². The first-order valence-corrected chi connectivity index (χ1v) is 9.72. The van der Waals surface area contributed by atoms with Crippen molar-refractivity contribution in [2.45, 2.75) is 57.8 Å². The third-order valence-electron chi connectivity index (χ3n) is 5.31. The van der Waals surface area contributed by atoms with Crippen molar-refractivity contribution in [1.29, 1.82) is 0 Å². The predicted molar refractivity (Wildman–Crippen MR) is 105 cm³/mol. The number of carbonyl (C=O) groups excluding carboxylic acids is 1. The van der Waals surface area contributed by atoms with Crippen LogP contribution in [0, 0.1) is 12.7 Å². The van der Waals surface area contributed by atoms with E-state index in [1.165, 1.54) is 12.1 Å². The van der Waals surface area contributed by atoms with E-state index in [2.05, 4.69) is 17.2 Å². The van der Waals surface area contributed by atoms with Crippen LogP contribution in [0.1, 0.15) is 56.6 Å². The monoisotopic (exact) mass is 370 g/mol. The third kappa shape index (κ3) is 4.29. The molecule has 5 heteroatoms. The van der Waals surface area contributed by atoms with E-state index >= 15 is 0 Å². The molecule has 1 amide bonds. The number of aromatic nitrogens is 1.